The molecule has 1 atom stereocenters. The van der Waals surface area contributed by atoms with Gasteiger partial charge in [-0.2, -0.15) is 0 Å². The molecule has 17 heavy (non-hydrogen) atoms. The number of nitrogens with zero attached hydrogens (tertiary/aromatic N) is 1. The maximum absolute atomic E-state index is 12.2. The van der Waals surface area contributed by atoms with Crippen molar-refractivity contribution >= 4 is 5.78 Å². The lowest BCUT2D eigenvalue weighted by Gasteiger charge is -2.13. The average Bonchev–Trinajstić information content (AvgIpc) is 2.33. The summed E-state index contributed by atoms with van der Waals surface area (Å²) in [5.74, 6) is 0.569. The van der Waals surface area contributed by atoms with E-state index in [9.17, 15) is 4.79 Å². The molecule has 0 aliphatic heterocycles. The normalized spacial score (nSPS) is 12.4. The lowest BCUT2D eigenvalue weighted by molar-refractivity contribution is -0.122. The van der Waals surface area contributed by atoms with Crippen LogP contribution in [0.25, 0.3) is 0 Å². The van der Waals surface area contributed by atoms with Crippen LogP contribution in [0, 0.1) is 12.8 Å². The van der Waals surface area contributed by atoms with Crippen molar-refractivity contribution in [1.82, 2.24) is 4.98 Å². The zero-order valence-electron chi connectivity index (χ0n) is 11.2. The minimum Gasteiger partial charge on any atom is -0.299 e. The van der Waals surface area contributed by atoms with Gasteiger partial charge in [-0.3, -0.25) is 9.78 Å². The first-order valence-electron chi connectivity index (χ1n) is 6.62. The highest BCUT2D eigenvalue weighted by atomic mass is 16.1. The summed E-state index contributed by atoms with van der Waals surface area (Å²) in [6.07, 6.45) is 6.54. The van der Waals surface area contributed by atoms with Crippen LogP contribution in [0.3, 0.4) is 0 Å². The molecule has 94 valence electrons. The van der Waals surface area contributed by atoms with Crippen molar-refractivity contribution in [2.24, 2.45) is 5.92 Å². The molecule has 2 nitrogen and oxygen atoms in total. The monoisotopic (exact) mass is 233 g/mol. The van der Waals surface area contributed by atoms with E-state index in [0.717, 1.165) is 36.9 Å². The molecule has 0 aromatic carbocycles. The highest BCUT2D eigenvalue weighted by molar-refractivity contribution is 5.83. The molecular weight excluding hydrogens is 210 g/mol. The van der Waals surface area contributed by atoms with Gasteiger partial charge in [-0.1, -0.05) is 32.8 Å². The summed E-state index contributed by atoms with van der Waals surface area (Å²) in [6, 6.07) is 3.93. The molecule has 0 saturated carbocycles. The Hall–Kier alpha value is -1.18. The van der Waals surface area contributed by atoms with Gasteiger partial charge in [-0.25, -0.2) is 0 Å². The number of carbonyl (C=O) groups is 1. The quantitative estimate of drug-likeness (QED) is 0.718. The van der Waals surface area contributed by atoms with Crippen molar-refractivity contribution in [3.63, 3.8) is 0 Å². The molecule has 1 unspecified atom stereocenters. The number of aryl methyl sites for hydroxylation is 1. The second-order valence-corrected chi connectivity index (χ2v) is 4.66. The highest BCUT2D eigenvalue weighted by Gasteiger charge is 2.17. The van der Waals surface area contributed by atoms with E-state index >= 15 is 0 Å². The maximum Gasteiger partial charge on any atom is 0.141 e. The number of ketones is 1. The predicted molar refractivity (Wildman–Crippen MR) is 71.0 cm³/mol. The molecule has 1 rings (SSSR count). The molecule has 0 radical (unpaired) electrons. The third-order valence-electron chi connectivity index (χ3n) is 3.31. The lowest BCUT2D eigenvalue weighted by Crippen LogP contribution is -2.17. The summed E-state index contributed by atoms with van der Waals surface area (Å²) >= 11 is 0. The fourth-order valence-corrected chi connectivity index (χ4v) is 2.06. The molecule has 1 aromatic rings. The lowest BCUT2D eigenvalue weighted by atomic mass is 9.91. The summed E-state index contributed by atoms with van der Waals surface area (Å²) in [5.41, 5.74) is 2.05. The van der Waals surface area contributed by atoms with Crippen molar-refractivity contribution in [3.05, 3.63) is 29.6 Å². The molecule has 1 aromatic heterocycles. The van der Waals surface area contributed by atoms with Gasteiger partial charge in [-0.15, -0.1) is 0 Å². The fourth-order valence-electron chi connectivity index (χ4n) is 2.06. The van der Waals surface area contributed by atoms with Gasteiger partial charge in [0, 0.05) is 18.5 Å². The van der Waals surface area contributed by atoms with Crippen LogP contribution < -0.4 is 0 Å². The number of aromatic nitrogens is 1. The Labute approximate surface area is 104 Å². The topological polar surface area (TPSA) is 30.0 Å². The summed E-state index contributed by atoms with van der Waals surface area (Å²) in [7, 11) is 0. The van der Waals surface area contributed by atoms with Crippen LogP contribution in [0.4, 0.5) is 0 Å². The zero-order valence-corrected chi connectivity index (χ0v) is 11.2. The first-order valence-corrected chi connectivity index (χ1v) is 6.62. The smallest absolute Gasteiger partial charge is 0.141 e. The number of rotatable bonds is 7. The Morgan fingerprint density at radius 3 is 2.76 bits per heavy atom. The number of pyridine rings is 1. The Morgan fingerprint density at radius 1 is 1.41 bits per heavy atom. The highest BCUT2D eigenvalue weighted by Crippen LogP contribution is 2.16. The van der Waals surface area contributed by atoms with Crippen LogP contribution in [-0.4, -0.2) is 10.8 Å². The summed E-state index contributed by atoms with van der Waals surface area (Å²) in [4.78, 5) is 16.5. The number of Topliss-reactive ketones (excluding diaryl/α,β-unsaturated/α-hetero) is 1. The van der Waals surface area contributed by atoms with Gasteiger partial charge in [0.25, 0.3) is 0 Å². The van der Waals surface area contributed by atoms with Crippen molar-refractivity contribution in [3.8, 4) is 0 Å². The van der Waals surface area contributed by atoms with E-state index in [1.165, 1.54) is 0 Å². The standard InChI is InChI=1S/C15H23NO/c1-4-6-9-13(5-2)15(17)11-14-12(3)8-7-10-16-14/h7-8,10,13H,4-6,9,11H2,1-3H3. The van der Waals surface area contributed by atoms with E-state index in [4.69, 9.17) is 0 Å². The molecule has 0 aliphatic rings. The molecule has 0 fully saturated rings. The minimum atomic E-state index is 0.219. The average molecular weight is 233 g/mol. The third-order valence-corrected chi connectivity index (χ3v) is 3.31. The maximum atomic E-state index is 12.2. The molecule has 0 amide bonds. The van der Waals surface area contributed by atoms with Crippen molar-refractivity contribution in [1.29, 1.82) is 0 Å². The molecule has 0 spiro atoms. The number of unbranched alkanes of at least 4 members (excludes halogenated alkanes) is 1. The van der Waals surface area contributed by atoms with Crippen LogP contribution in [0.1, 0.15) is 50.8 Å². The molecule has 1 heterocycles. The van der Waals surface area contributed by atoms with Crippen LogP contribution in [0.2, 0.25) is 0 Å². The van der Waals surface area contributed by atoms with Crippen LogP contribution in [0.15, 0.2) is 18.3 Å². The fraction of sp³-hybridized carbons (Fsp3) is 0.600. The van der Waals surface area contributed by atoms with Crippen molar-refractivity contribution < 1.29 is 4.79 Å². The van der Waals surface area contributed by atoms with Gasteiger partial charge in [-0.05, 0) is 31.4 Å². The predicted octanol–water partition coefficient (Wildman–Crippen LogP) is 3.72. The van der Waals surface area contributed by atoms with Gasteiger partial charge in [0.15, 0.2) is 0 Å². The molecule has 0 N–H and O–H groups in total. The van der Waals surface area contributed by atoms with E-state index in [1.807, 2.05) is 19.1 Å². The summed E-state index contributed by atoms with van der Waals surface area (Å²) < 4.78 is 0. The molecule has 0 saturated heterocycles. The van der Waals surface area contributed by atoms with Crippen molar-refractivity contribution in [2.75, 3.05) is 0 Å². The van der Waals surface area contributed by atoms with Gasteiger partial charge < -0.3 is 0 Å². The zero-order chi connectivity index (χ0) is 12.7. The first-order chi connectivity index (χ1) is 8.19. The van der Waals surface area contributed by atoms with Gasteiger partial charge >= 0.3 is 0 Å². The second-order valence-electron chi connectivity index (χ2n) is 4.66. The minimum absolute atomic E-state index is 0.219. The number of hydrogen-bond donors (Lipinski definition) is 0. The molecule has 2 heteroatoms. The largest absolute Gasteiger partial charge is 0.299 e. The molecular formula is C15H23NO. The Balaban J connectivity index is 2.61. The number of carbonyl (C=O) groups excluding carboxylic acids is 1. The SMILES string of the molecule is CCCCC(CC)C(=O)Cc1ncccc1C. The Bertz CT molecular complexity index is 360. The Morgan fingerprint density at radius 2 is 2.18 bits per heavy atom. The Kier molecular flexibility index (Phi) is 5.88. The third kappa shape index (κ3) is 4.29. The van der Waals surface area contributed by atoms with E-state index in [-0.39, 0.29) is 5.92 Å². The van der Waals surface area contributed by atoms with E-state index in [2.05, 4.69) is 18.8 Å². The van der Waals surface area contributed by atoms with Crippen LogP contribution in [-0.2, 0) is 11.2 Å². The van der Waals surface area contributed by atoms with Crippen LogP contribution >= 0.6 is 0 Å². The second kappa shape index (κ2) is 7.21. The van der Waals surface area contributed by atoms with E-state index in [1.54, 1.807) is 6.20 Å². The van der Waals surface area contributed by atoms with Gasteiger partial charge in [0.1, 0.15) is 5.78 Å². The number of hydrogen-bond acceptors (Lipinski definition) is 2. The molecule has 0 bridgehead atoms. The first kappa shape index (κ1) is 13.9. The van der Waals surface area contributed by atoms with Crippen molar-refractivity contribution in [2.45, 2.75) is 52.9 Å². The van der Waals surface area contributed by atoms with Crippen LogP contribution in [0.5, 0.6) is 0 Å². The van der Waals surface area contributed by atoms with Gasteiger partial charge in [0.05, 0.1) is 5.69 Å². The van der Waals surface area contributed by atoms with E-state index < -0.39 is 0 Å². The summed E-state index contributed by atoms with van der Waals surface area (Å²) in [5, 5.41) is 0. The van der Waals surface area contributed by atoms with Gasteiger partial charge in [0.2, 0.25) is 0 Å². The summed E-state index contributed by atoms with van der Waals surface area (Å²) in [6.45, 7) is 6.28. The van der Waals surface area contributed by atoms with E-state index in [0.29, 0.717) is 12.2 Å². The molecule has 0 aliphatic carbocycles.